The van der Waals surface area contributed by atoms with E-state index >= 15 is 0 Å². The number of rotatable bonds is 9. The summed E-state index contributed by atoms with van der Waals surface area (Å²) in [4.78, 5) is 3.81. The third-order valence-electron chi connectivity index (χ3n) is 2.54. The first kappa shape index (κ1) is 17.1. The van der Waals surface area contributed by atoms with Gasteiger partial charge in [-0.15, -0.1) is 9.05 Å². The molecule has 0 fully saturated rings. The molecule has 5 nitrogen and oxygen atoms in total. The fraction of sp³-hybridized carbons (Fsp3) is 0.462. The number of benzene rings is 1. The molecule has 0 amide bonds. The van der Waals surface area contributed by atoms with Gasteiger partial charge < -0.3 is 0 Å². The van der Waals surface area contributed by atoms with Crippen molar-refractivity contribution >= 4 is 28.5 Å². The molecule has 0 saturated heterocycles. The molecule has 0 spiro atoms. The Morgan fingerprint density at radius 2 is 1.60 bits per heavy atom. The standard InChI is InChI=1S/C13H19NO4P2/c1-4-17-19(15)13(20(16)18-5-2)10-11-6-8-12(14-3)9-7-11/h6-9,13H,3-5,10H2,1-2H3/q+2. The van der Waals surface area contributed by atoms with Crippen LogP contribution in [0.4, 0.5) is 5.69 Å². The fourth-order valence-electron chi connectivity index (χ4n) is 1.60. The lowest BCUT2D eigenvalue weighted by Crippen LogP contribution is -2.05. The molecule has 0 radical (unpaired) electrons. The van der Waals surface area contributed by atoms with Crippen molar-refractivity contribution in [2.45, 2.75) is 25.7 Å². The predicted octanol–water partition coefficient (Wildman–Crippen LogP) is 4.45. The van der Waals surface area contributed by atoms with Gasteiger partial charge in [0.15, 0.2) is 0 Å². The van der Waals surface area contributed by atoms with Crippen LogP contribution in [-0.2, 0) is 24.6 Å². The summed E-state index contributed by atoms with van der Waals surface area (Å²) >= 11 is 0. The molecule has 1 aromatic rings. The Balaban J connectivity index is 2.84. The van der Waals surface area contributed by atoms with Gasteiger partial charge in [-0.05, 0) is 47.4 Å². The van der Waals surface area contributed by atoms with Crippen molar-refractivity contribution in [2.24, 2.45) is 4.99 Å². The molecule has 0 aromatic heterocycles. The SMILES string of the molecule is C=Nc1ccc(CC([P+](=O)OCC)[P+](=O)OCC)cc1. The zero-order chi connectivity index (χ0) is 15.0. The monoisotopic (exact) mass is 315 g/mol. The largest absolute Gasteiger partial charge is 0.567 e. The zero-order valence-electron chi connectivity index (χ0n) is 11.7. The molecule has 0 heterocycles. The lowest BCUT2D eigenvalue weighted by molar-refractivity contribution is 0.333. The molecule has 1 rings (SSSR count). The summed E-state index contributed by atoms with van der Waals surface area (Å²) in [5.74, 6) is 0. The van der Waals surface area contributed by atoms with Crippen LogP contribution in [0.25, 0.3) is 0 Å². The first-order valence-corrected chi connectivity index (χ1v) is 8.85. The number of hydrogen-bond donors (Lipinski definition) is 0. The van der Waals surface area contributed by atoms with Gasteiger partial charge in [-0.3, -0.25) is 4.99 Å². The lowest BCUT2D eigenvalue weighted by atomic mass is 10.1. The van der Waals surface area contributed by atoms with E-state index in [1.54, 1.807) is 26.0 Å². The molecule has 7 heteroatoms. The number of aliphatic imine (C=N–C) groups is 1. The molecule has 0 bridgehead atoms. The highest BCUT2D eigenvalue weighted by Crippen LogP contribution is 2.47. The first-order valence-electron chi connectivity index (χ1n) is 6.36. The predicted molar refractivity (Wildman–Crippen MR) is 81.6 cm³/mol. The Hall–Kier alpha value is -0.990. The van der Waals surface area contributed by atoms with E-state index in [1.807, 2.05) is 12.1 Å². The Morgan fingerprint density at radius 1 is 1.10 bits per heavy atom. The molecule has 0 N–H and O–H groups in total. The van der Waals surface area contributed by atoms with E-state index in [1.165, 1.54) is 0 Å². The van der Waals surface area contributed by atoms with Crippen molar-refractivity contribution in [2.75, 3.05) is 13.2 Å². The van der Waals surface area contributed by atoms with Gasteiger partial charge in [-0.1, -0.05) is 12.1 Å². The highest BCUT2D eigenvalue weighted by molar-refractivity contribution is 7.58. The highest BCUT2D eigenvalue weighted by atomic mass is 31.2. The van der Waals surface area contributed by atoms with Gasteiger partial charge in [0.1, 0.15) is 0 Å². The maximum atomic E-state index is 12.0. The van der Waals surface area contributed by atoms with Gasteiger partial charge in [-0.2, -0.15) is 0 Å². The van der Waals surface area contributed by atoms with Crippen LogP contribution < -0.4 is 0 Å². The van der Waals surface area contributed by atoms with Gasteiger partial charge in [0.2, 0.25) is 0 Å². The van der Waals surface area contributed by atoms with E-state index in [-0.39, 0.29) is 0 Å². The number of hydrogen-bond acceptors (Lipinski definition) is 5. The van der Waals surface area contributed by atoms with Crippen molar-refractivity contribution in [3.05, 3.63) is 29.8 Å². The van der Waals surface area contributed by atoms with Crippen LogP contribution >= 0.6 is 16.1 Å². The molecular weight excluding hydrogens is 296 g/mol. The van der Waals surface area contributed by atoms with E-state index in [0.717, 1.165) is 11.3 Å². The zero-order valence-corrected chi connectivity index (χ0v) is 13.5. The third-order valence-corrected chi connectivity index (χ3v) is 6.03. The topological polar surface area (TPSA) is 65.0 Å². The van der Waals surface area contributed by atoms with E-state index in [9.17, 15) is 9.13 Å². The molecule has 0 aliphatic rings. The first-order chi connectivity index (χ1) is 9.62. The Kier molecular flexibility index (Phi) is 7.71. The highest BCUT2D eigenvalue weighted by Gasteiger charge is 2.51. The van der Waals surface area contributed by atoms with Crippen LogP contribution in [0.1, 0.15) is 19.4 Å². The van der Waals surface area contributed by atoms with Crippen molar-refractivity contribution < 1.29 is 18.2 Å². The minimum absolute atomic E-state index is 0.320. The van der Waals surface area contributed by atoms with Gasteiger partial charge in [-0.25, -0.2) is 0 Å². The summed E-state index contributed by atoms with van der Waals surface area (Å²) in [7, 11) is -4.05. The average Bonchev–Trinajstić information content (AvgIpc) is 2.45. The van der Waals surface area contributed by atoms with Crippen molar-refractivity contribution in [1.82, 2.24) is 0 Å². The fourth-order valence-corrected chi connectivity index (χ4v) is 4.19. The molecule has 1 aromatic carbocycles. The van der Waals surface area contributed by atoms with E-state index < -0.39 is 21.5 Å². The van der Waals surface area contributed by atoms with E-state index in [0.29, 0.717) is 19.6 Å². The normalized spacial score (nSPS) is 13.7. The summed E-state index contributed by atoms with van der Waals surface area (Å²) in [6.07, 6.45) is 0.377. The second-order valence-electron chi connectivity index (χ2n) is 3.92. The van der Waals surface area contributed by atoms with E-state index in [4.69, 9.17) is 9.05 Å². The van der Waals surface area contributed by atoms with Crippen LogP contribution in [0, 0.1) is 0 Å². The van der Waals surface area contributed by atoms with Gasteiger partial charge >= 0.3 is 21.5 Å². The summed E-state index contributed by atoms with van der Waals surface area (Å²) in [6.45, 7) is 7.59. The minimum atomic E-state index is -2.02. The van der Waals surface area contributed by atoms with Gasteiger partial charge in [0.05, 0.1) is 25.3 Å². The Morgan fingerprint density at radius 3 is 2.00 bits per heavy atom. The summed E-state index contributed by atoms with van der Waals surface area (Å²) in [5, 5.41) is -0.637. The summed E-state index contributed by atoms with van der Waals surface area (Å²) in [6, 6.07) is 7.31. The second-order valence-corrected chi connectivity index (χ2v) is 7.23. The summed E-state index contributed by atoms with van der Waals surface area (Å²) < 4.78 is 34.3. The maximum absolute atomic E-state index is 12.0. The Labute approximate surface area is 121 Å². The smallest absolute Gasteiger partial charge is 0.265 e. The van der Waals surface area contributed by atoms with Crippen LogP contribution in [-0.4, -0.2) is 25.3 Å². The van der Waals surface area contributed by atoms with E-state index in [2.05, 4.69) is 11.7 Å². The van der Waals surface area contributed by atoms with Crippen molar-refractivity contribution in [3.63, 3.8) is 0 Å². The summed E-state index contributed by atoms with van der Waals surface area (Å²) in [5.41, 5.74) is 1.67. The van der Waals surface area contributed by atoms with Crippen LogP contribution in [0.2, 0.25) is 0 Å². The average molecular weight is 315 g/mol. The number of nitrogens with zero attached hydrogens (tertiary/aromatic N) is 1. The molecule has 108 valence electrons. The minimum Gasteiger partial charge on any atom is -0.265 e. The second kappa shape index (κ2) is 9.04. The molecular formula is C13H19NO4P2+2. The van der Waals surface area contributed by atoms with Crippen molar-refractivity contribution in [1.29, 1.82) is 0 Å². The quantitative estimate of drug-likeness (QED) is 0.499. The maximum Gasteiger partial charge on any atom is 0.567 e. The van der Waals surface area contributed by atoms with Gasteiger partial charge in [0, 0.05) is 0 Å². The van der Waals surface area contributed by atoms with Gasteiger partial charge in [0.25, 0.3) is 0 Å². The van der Waals surface area contributed by atoms with Crippen LogP contribution in [0.5, 0.6) is 0 Å². The van der Waals surface area contributed by atoms with Crippen LogP contribution in [0.15, 0.2) is 29.3 Å². The van der Waals surface area contributed by atoms with Crippen LogP contribution in [0.3, 0.4) is 0 Å². The van der Waals surface area contributed by atoms with Crippen molar-refractivity contribution in [3.8, 4) is 0 Å². The third kappa shape index (κ3) is 5.18. The molecule has 2 atom stereocenters. The molecule has 0 saturated carbocycles. The molecule has 0 aliphatic carbocycles. The Bertz CT molecular complexity index is 458. The lowest BCUT2D eigenvalue weighted by Gasteiger charge is -1.99. The molecule has 0 aliphatic heterocycles. The molecule has 20 heavy (non-hydrogen) atoms. The molecule has 2 unspecified atom stereocenters.